The van der Waals surface area contributed by atoms with Crippen LogP contribution in [0.4, 0.5) is 17.1 Å². The number of carbonyl (C=O) groups excluding carboxylic acids is 1. The summed E-state index contributed by atoms with van der Waals surface area (Å²) < 4.78 is 5.42. The number of morpholine rings is 1. The number of aryl methyl sites for hydroxylation is 1. The molecule has 8 heteroatoms. The Kier molecular flexibility index (Phi) is 6.08. The van der Waals surface area contributed by atoms with Gasteiger partial charge in [0, 0.05) is 57.1 Å². The van der Waals surface area contributed by atoms with E-state index < -0.39 is 4.92 Å². The number of anilines is 2. The zero-order valence-electron chi connectivity index (χ0n) is 18.0. The van der Waals surface area contributed by atoms with Crippen molar-refractivity contribution in [2.75, 3.05) is 62.3 Å². The summed E-state index contributed by atoms with van der Waals surface area (Å²) in [6.45, 7) is 9.36. The van der Waals surface area contributed by atoms with Gasteiger partial charge >= 0.3 is 0 Å². The van der Waals surface area contributed by atoms with E-state index in [0.717, 1.165) is 18.8 Å². The van der Waals surface area contributed by atoms with Gasteiger partial charge in [0.1, 0.15) is 0 Å². The fourth-order valence-electron chi connectivity index (χ4n) is 4.29. The first-order valence-electron chi connectivity index (χ1n) is 10.7. The van der Waals surface area contributed by atoms with Gasteiger partial charge in [0.2, 0.25) is 0 Å². The third kappa shape index (κ3) is 4.34. The molecule has 31 heavy (non-hydrogen) atoms. The zero-order valence-corrected chi connectivity index (χ0v) is 18.0. The van der Waals surface area contributed by atoms with Crippen LogP contribution in [-0.2, 0) is 4.74 Å². The minimum Gasteiger partial charge on any atom is -0.378 e. The summed E-state index contributed by atoms with van der Waals surface area (Å²) in [5.74, 6) is -0.147. The van der Waals surface area contributed by atoms with Crippen LogP contribution in [0.3, 0.4) is 0 Å². The second-order valence-corrected chi connectivity index (χ2v) is 8.06. The smallest absolute Gasteiger partial charge is 0.270 e. The van der Waals surface area contributed by atoms with Gasteiger partial charge in [-0.05, 0) is 37.1 Å². The van der Waals surface area contributed by atoms with E-state index in [1.165, 1.54) is 28.9 Å². The van der Waals surface area contributed by atoms with Gasteiger partial charge in [-0.3, -0.25) is 14.9 Å². The van der Waals surface area contributed by atoms with E-state index in [-0.39, 0.29) is 11.6 Å². The summed E-state index contributed by atoms with van der Waals surface area (Å²) in [6, 6.07) is 10.9. The molecule has 164 valence electrons. The number of nitro benzene ring substituents is 1. The van der Waals surface area contributed by atoms with E-state index in [9.17, 15) is 14.9 Å². The molecular formula is C23H28N4O4. The molecule has 4 rings (SSSR count). The number of non-ortho nitro benzene ring substituents is 1. The average molecular weight is 425 g/mol. The Morgan fingerprint density at radius 2 is 1.61 bits per heavy atom. The van der Waals surface area contributed by atoms with E-state index >= 15 is 0 Å². The van der Waals surface area contributed by atoms with Crippen LogP contribution in [0.5, 0.6) is 0 Å². The highest BCUT2D eigenvalue weighted by molar-refractivity contribution is 6.00. The Bertz CT molecular complexity index is 980. The first kappa shape index (κ1) is 21.1. The summed E-state index contributed by atoms with van der Waals surface area (Å²) in [5.41, 5.74) is 4.80. The first-order valence-corrected chi connectivity index (χ1v) is 10.7. The lowest BCUT2D eigenvalue weighted by molar-refractivity contribution is -0.384. The molecule has 2 aliphatic rings. The molecule has 0 radical (unpaired) electrons. The highest BCUT2D eigenvalue weighted by Crippen LogP contribution is 2.29. The Labute approximate surface area is 182 Å². The topological polar surface area (TPSA) is 79.2 Å². The van der Waals surface area contributed by atoms with Gasteiger partial charge in [-0.2, -0.15) is 0 Å². The molecular weight excluding hydrogens is 396 g/mol. The van der Waals surface area contributed by atoms with E-state index in [2.05, 4.69) is 41.8 Å². The number of piperazine rings is 1. The minimum absolute atomic E-state index is 0.0608. The molecule has 2 aliphatic heterocycles. The normalized spacial score (nSPS) is 17.0. The second-order valence-electron chi connectivity index (χ2n) is 8.06. The van der Waals surface area contributed by atoms with Crippen molar-refractivity contribution in [1.82, 2.24) is 4.90 Å². The Morgan fingerprint density at radius 1 is 0.935 bits per heavy atom. The number of carbonyl (C=O) groups is 1. The van der Waals surface area contributed by atoms with Crippen LogP contribution in [0.1, 0.15) is 21.5 Å². The molecule has 0 saturated carbocycles. The van der Waals surface area contributed by atoms with Crippen LogP contribution >= 0.6 is 0 Å². The molecule has 2 saturated heterocycles. The summed E-state index contributed by atoms with van der Waals surface area (Å²) in [7, 11) is 0. The molecule has 1 amide bonds. The van der Waals surface area contributed by atoms with E-state index in [4.69, 9.17) is 4.74 Å². The third-order valence-electron chi connectivity index (χ3n) is 6.26. The Morgan fingerprint density at radius 3 is 2.29 bits per heavy atom. The first-order chi connectivity index (χ1) is 15.0. The van der Waals surface area contributed by atoms with Crippen molar-refractivity contribution < 1.29 is 14.5 Å². The van der Waals surface area contributed by atoms with Crippen molar-refractivity contribution >= 4 is 23.0 Å². The van der Waals surface area contributed by atoms with Gasteiger partial charge in [0.25, 0.3) is 11.6 Å². The summed E-state index contributed by atoms with van der Waals surface area (Å²) in [6.07, 6.45) is 0. The van der Waals surface area contributed by atoms with Gasteiger partial charge in [0.15, 0.2) is 0 Å². The van der Waals surface area contributed by atoms with Gasteiger partial charge in [-0.1, -0.05) is 12.1 Å². The maximum absolute atomic E-state index is 13.4. The number of amides is 1. The van der Waals surface area contributed by atoms with Crippen LogP contribution in [0.25, 0.3) is 0 Å². The van der Waals surface area contributed by atoms with Gasteiger partial charge in [0.05, 0.1) is 29.4 Å². The molecule has 2 fully saturated rings. The SMILES string of the molecule is Cc1cccc(N2CCN(C(=O)c3cc([N+](=O)[O-])ccc3N3CCOCC3)CC2)c1C. The minimum atomic E-state index is -0.446. The van der Waals surface area contributed by atoms with Gasteiger partial charge in [-0.25, -0.2) is 0 Å². The number of benzene rings is 2. The van der Waals surface area contributed by atoms with Crippen molar-refractivity contribution in [2.45, 2.75) is 13.8 Å². The standard InChI is InChI=1S/C23H28N4O4/c1-17-4-3-5-21(18(17)2)24-8-10-26(11-9-24)23(28)20-16-19(27(29)30)6-7-22(20)25-12-14-31-15-13-25/h3-7,16H,8-15H2,1-2H3. The molecule has 2 aromatic carbocycles. The molecule has 0 unspecified atom stereocenters. The van der Waals surface area contributed by atoms with Gasteiger partial charge < -0.3 is 19.4 Å². The molecule has 0 aromatic heterocycles. The lowest BCUT2D eigenvalue weighted by Crippen LogP contribution is -2.49. The van der Waals surface area contributed by atoms with Crippen molar-refractivity contribution in [2.24, 2.45) is 0 Å². The highest BCUT2D eigenvalue weighted by atomic mass is 16.6. The zero-order chi connectivity index (χ0) is 22.0. The molecule has 0 bridgehead atoms. The number of nitro groups is 1. The predicted molar refractivity (Wildman–Crippen MR) is 120 cm³/mol. The van der Waals surface area contributed by atoms with Crippen LogP contribution < -0.4 is 9.80 Å². The van der Waals surface area contributed by atoms with E-state index in [1.54, 1.807) is 6.07 Å². The van der Waals surface area contributed by atoms with E-state index in [1.807, 2.05) is 4.90 Å². The third-order valence-corrected chi connectivity index (χ3v) is 6.26. The monoisotopic (exact) mass is 424 g/mol. The maximum Gasteiger partial charge on any atom is 0.270 e. The second kappa shape index (κ2) is 8.93. The quantitative estimate of drug-likeness (QED) is 0.555. The van der Waals surface area contributed by atoms with Crippen molar-refractivity contribution in [3.05, 3.63) is 63.2 Å². The van der Waals surface area contributed by atoms with Gasteiger partial charge in [-0.15, -0.1) is 0 Å². The molecule has 0 spiro atoms. The lowest BCUT2D eigenvalue weighted by atomic mass is 10.1. The largest absolute Gasteiger partial charge is 0.378 e. The summed E-state index contributed by atoms with van der Waals surface area (Å²) in [4.78, 5) is 30.5. The number of rotatable bonds is 4. The Hall–Kier alpha value is -3.13. The van der Waals surface area contributed by atoms with Crippen LogP contribution in [-0.4, -0.2) is 68.2 Å². The van der Waals surface area contributed by atoms with Crippen molar-refractivity contribution in [1.29, 1.82) is 0 Å². The highest BCUT2D eigenvalue weighted by Gasteiger charge is 2.28. The molecule has 2 heterocycles. The molecule has 8 nitrogen and oxygen atoms in total. The van der Waals surface area contributed by atoms with Crippen LogP contribution in [0.15, 0.2) is 36.4 Å². The number of nitrogens with zero attached hydrogens (tertiary/aromatic N) is 4. The molecule has 0 aliphatic carbocycles. The molecule has 0 N–H and O–H groups in total. The van der Waals surface area contributed by atoms with Crippen LogP contribution in [0, 0.1) is 24.0 Å². The fraction of sp³-hybridized carbons (Fsp3) is 0.435. The average Bonchev–Trinajstić information content (AvgIpc) is 2.80. The summed E-state index contributed by atoms with van der Waals surface area (Å²) in [5, 5.41) is 11.3. The summed E-state index contributed by atoms with van der Waals surface area (Å²) >= 11 is 0. The van der Waals surface area contributed by atoms with Crippen molar-refractivity contribution in [3.8, 4) is 0 Å². The number of hydrogen-bond donors (Lipinski definition) is 0. The molecule has 0 atom stereocenters. The molecule has 2 aromatic rings. The Balaban J connectivity index is 1.54. The van der Waals surface area contributed by atoms with Crippen LogP contribution in [0.2, 0.25) is 0 Å². The predicted octanol–water partition coefficient (Wildman–Crippen LogP) is 3.01. The number of ether oxygens (including phenoxy) is 1. The van der Waals surface area contributed by atoms with E-state index in [0.29, 0.717) is 45.0 Å². The van der Waals surface area contributed by atoms with Crippen molar-refractivity contribution in [3.63, 3.8) is 0 Å². The number of hydrogen-bond acceptors (Lipinski definition) is 6. The maximum atomic E-state index is 13.4. The fourth-order valence-corrected chi connectivity index (χ4v) is 4.29. The lowest BCUT2D eigenvalue weighted by Gasteiger charge is -2.38.